The van der Waals surface area contributed by atoms with Crippen LogP contribution in [0.2, 0.25) is 0 Å². The first-order valence-corrected chi connectivity index (χ1v) is 7.81. The van der Waals surface area contributed by atoms with Crippen LogP contribution in [0.15, 0.2) is 16.8 Å². The number of nitrogens with two attached hydrogens (primary N) is 1. The number of nitrogens with zero attached hydrogens (tertiary/aromatic N) is 2. The molecule has 1 aromatic heterocycles. The van der Waals surface area contributed by atoms with Crippen molar-refractivity contribution in [2.45, 2.75) is 19.9 Å². The number of carbonyl (C=O) groups is 2. The maximum absolute atomic E-state index is 12.2. The maximum atomic E-state index is 12.2. The van der Waals surface area contributed by atoms with Crippen molar-refractivity contribution < 1.29 is 9.59 Å². The smallest absolute Gasteiger partial charge is 0.254 e. The van der Waals surface area contributed by atoms with Gasteiger partial charge >= 0.3 is 0 Å². The highest BCUT2D eigenvalue weighted by molar-refractivity contribution is 7.08. The van der Waals surface area contributed by atoms with Crippen LogP contribution in [0.4, 0.5) is 0 Å². The summed E-state index contributed by atoms with van der Waals surface area (Å²) in [6.07, 6.45) is 0. The van der Waals surface area contributed by atoms with Crippen molar-refractivity contribution in [1.29, 1.82) is 0 Å². The topological polar surface area (TPSA) is 66.6 Å². The zero-order chi connectivity index (χ0) is 14.7. The Kier molecular flexibility index (Phi) is 6.64. The van der Waals surface area contributed by atoms with Gasteiger partial charge in [-0.05, 0) is 17.4 Å². The maximum Gasteiger partial charge on any atom is 0.254 e. The van der Waals surface area contributed by atoms with Gasteiger partial charge < -0.3 is 15.5 Å². The predicted molar refractivity (Wildman–Crippen MR) is 86.9 cm³/mol. The van der Waals surface area contributed by atoms with E-state index in [4.69, 9.17) is 5.73 Å². The highest BCUT2D eigenvalue weighted by Crippen LogP contribution is 2.13. The Morgan fingerprint density at radius 2 is 1.76 bits per heavy atom. The fourth-order valence-corrected chi connectivity index (χ4v) is 2.82. The summed E-state index contributed by atoms with van der Waals surface area (Å²) in [6, 6.07) is 1.38. The van der Waals surface area contributed by atoms with Crippen LogP contribution in [0, 0.1) is 5.92 Å². The molecule has 21 heavy (non-hydrogen) atoms. The van der Waals surface area contributed by atoms with Gasteiger partial charge in [0.15, 0.2) is 0 Å². The minimum absolute atomic E-state index is 0. The Morgan fingerprint density at radius 3 is 2.24 bits per heavy atom. The lowest BCUT2D eigenvalue weighted by Crippen LogP contribution is -2.55. The second-order valence-electron chi connectivity index (χ2n) is 5.40. The van der Waals surface area contributed by atoms with E-state index in [9.17, 15) is 9.59 Å². The molecule has 7 heteroatoms. The van der Waals surface area contributed by atoms with E-state index in [0.717, 1.165) is 5.56 Å². The summed E-state index contributed by atoms with van der Waals surface area (Å²) in [5, 5.41) is 3.75. The fraction of sp³-hybridized carbons (Fsp3) is 0.571. The normalized spacial score (nSPS) is 16.6. The third-order valence-electron chi connectivity index (χ3n) is 3.65. The lowest BCUT2D eigenvalue weighted by atomic mass is 10.0. The van der Waals surface area contributed by atoms with Crippen LogP contribution < -0.4 is 5.73 Å². The van der Waals surface area contributed by atoms with Crippen molar-refractivity contribution in [2.75, 3.05) is 26.2 Å². The van der Waals surface area contributed by atoms with Gasteiger partial charge in [-0.2, -0.15) is 11.3 Å². The third-order valence-corrected chi connectivity index (χ3v) is 4.33. The van der Waals surface area contributed by atoms with Crippen molar-refractivity contribution in [1.82, 2.24) is 9.80 Å². The van der Waals surface area contributed by atoms with E-state index in [-0.39, 0.29) is 30.1 Å². The molecule has 118 valence electrons. The molecule has 1 saturated heterocycles. The molecule has 0 radical (unpaired) electrons. The number of piperazine rings is 1. The van der Waals surface area contributed by atoms with Crippen LogP contribution in [0.5, 0.6) is 0 Å². The van der Waals surface area contributed by atoms with Crippen LogP contribution in [-0.2, 0) is 4.79 Å². The van der Waals surface area contributed by atoms with Gasteiger partial charge in [0, 0.05) is 31.6 Å². The Bertz CT molecular complexity index is 471. The highest BCUT2D eigenvalue weighted by Gasteiger charge is 2.28. The molecule has 0 spiro atoms. The lowest BCUT2D eigenvalue weighted by molar-refractivity contribution is -0.135. The van der Waals surface area contributed by atoms with Crippen LogP contribution in [0.3, 0.4) is 0 Å². The SMILES string of the molecule is CC(C)[C@@H](N)C(=O)N1CCN(C(=O)c2ccsc2)CC1.Cl. The molecule has 5 nitrogen and oxygen atoms in total. The van der Waals surface area contributed by atoms with Crippen molar-refractivity contribution in [3.05, 3.63) is 22.4 Å². The van der Waals surface area contributed by atoms with E-state index in [1.807, 2.05) is 30.7 Å². The van der Waals surface area contributed by atoms with Gasteiger partial charge in [-0.1, -0.05) is 13.8 Å². The summed E-state index contributed by atoms with van der Waals surface area (Å²) >= 11 is 1.52. The van der Waals surface area contributed by atoms with E-state index in [2.05, 4.69) is 0 Å². The number of thiophene rings is 1. The summed E-state index contributed by atoms with van der Waals surface area (Å²) in [6.45, 7) is 6.17. The van der Waals surface area contributed by atoms with Crippen molar-refractivity contribution >= 4 is 35.6 Å². The second kappa shape index (κ2) is 7.77. The Hall–Kier alpha value is -1.11. The molecule has 2 amide bonds. The van der Waals surface area contributed by atoms with Gasteiger partial charge in [0.1, 0.15) is 0 Å². The summed E-state index contributed by atoms with van der Waals surface area (Å²) in [7, 11) is 0. The van der Waals surface area contributed by atoms with Crippen molar-refractivity contribution in [3.8, 4) is 0 Å². The van der Waals surface area contributed by atoms with E-state index in [0.29, 0.717) is 26.2 Å². The Labute approximate surface area is 135 Å². The molecule has 1 aromatic rings. The minimum Gasteiger partial charge on any atom is -0.338 e. The molecule has 1 fully saturated rings. The molecule has 0 saturated carbocycles. The number of amides is 2. The van der Waals surface area contributed by atoms with Crippen molar-refractivity contribution in [2.24, 2.45) is 11.7 Å². The molecule has 1 aliphatic heterocycles. The fourth-order valence-electron chi connectivity index (χ4n) is 2.19. The number of rotatable bonds is 3. The molecule has 2 heterocycles. The molecule has 0 aromatic carbocycles. The average molecular weight is 332 g/mol. The Morgan fingerprint density at radius 1 is 1.19 bits per heavy atom. The molecule has 0 unspecified atom stereocenters. The first-order valence-electron chi connectivity index (χ1n) is 6.86. The van der Waals surface area contributed by atoms with E-state index < -0.39 is 6.04 Å². The minimum atomic E-state index is -0.450. The quantitative estimate of drug-likeness (QED) is 0.911. The molecule has 0 bridgehead atoms. The standard InChI is InChI=1S/C14H21N3O2S.ClH/c1-10(2)12(15)14(19)17-6-4-16(5-7-17)13(18)11-3-8-20-9-11;/h3,8-10,12H,4-7,15H2,1-2H3;1H/t12-;/m1./s1. The first-order chi connectivity index (χ1) is 9.50. The molecule has 2 N–H and O–H groups in total. The van der Waals surface area contributed by atoms with E-state index in [1.165, 1.54) is 11.3 Å². The first kappa shape index (κ1) is 17.9. The summed E-state index contributed by atoms with van der Waals surface area (Å²) in [4.78, 5) is 27.9. The Balaban J connectivity index is 0.00000220. The second-order valence-corrected chi connectivity index (χ2v) is 6.18. The molecule has 2 rings (SSSR count). The predicted octanol–water partition coefficient (Wildman–Crippen LogP) is 1.44. The van der Waals surface area contributed by atoms with Gasteiger partial charge in [0.2, 0.25) is 5.91 Å². The summed E-state index contributed by atoms with van der Waals surface area (Å²) in [5.74, 6) is 0.169. The molecule has 1 atom stereocenters. The highest BCUT2D eigenvalue weighted by atomic mass is 35.5. The van der Waals surface area contributed by atoms with Gasteiger partial charge in [0.05, 0.1) is 11.6 Å². The number of hydrogen-bond donors (Lipinski definition) is 1. The number of halogens is 1. The van der Waals surface area contributed by atoms with E-state index >= 15 is 0 Å². The van der Waals surface area contributed by atoms with Gasteiger partial charge in [-0.15, -0.1) is 12.4 Å². The summed E-state index contributed by atoms with van der Waals surface area (Å²) in [5.41, 5.74) is 6.62. The van der Waals surface area contributed by atoms with Gasteiger partial charge in [-0.25, -0.2) is 0 Å². The van der Waals surface area contributed by atoms with Gasteiger partial charge in [0.25, 0.3) is 5.91 Å². The average Bonchev–Trinajstić information content (AvgIpc) is 2.99. The zero-order valence-corrected chi connectivity index (χ0v) is 14.0. The summed E-state index contributed by atoms with van der Waals surface area (Å²) < 4.78 is 0. The molecule has 1 aliphatic rings. The van der Waals surface area contributed by atoms with Gasteiger partial charge in [-0.3, -0.25) is 9.59 Å². The largest absolute Gasteiger partial charge is 0.338 e. The van der Waals surface area contributed by atoms with Crippen LogP contribution in [0.1, 0.15) is 24.2 Å². The molecular weight excluding hydrogens is 310 g/mol. The van der Waals surface area contributed by atoms with Crippen molar-refractivity contribution in [3.63, 3.8) is 0 Å². The third kappa shape index (κ3) is 4.18. The van der Waals surface area contributed by atoms with E-state index in [1.54, 1.807) is 9.80 Å². The van der Waals surface area contributed by atoms with Crippen LogP contribution in [0.25, 0.3) is 0 Å². The van der Waals surface area contributed by atoms with Crippen LogP contribution >= 0.6 is 23.7 Å². The molecular formula is C14H22ClN3O2S. The number of hydrogen-bond acceptors (Lipinski definition) is 4. The lowest BCUT2D eigenvalue weighted by Gasteiger charge is -2.36. The monoisotopic (exact) mass is 331 g/mol. The van der Waals surface area contributed by atoms with Crippen LogP contribution in [-0.4, -0.2) is 53.8 Å². The molecule has 0 aliphatic carbocycles. The zero-order valence-electron chi connectivity index (χ0n) is 12.3. The number of carbonyl (C=O) groups excluding carboxylic acids is 2.